The fourth-order valence-electron chi connectivity index (χ4n) is 5.32. The van der Waals surface area contributed by atoms with Crippen LogP contribution in [-0.4, -0.2) is 45.6 Å². The predicted molar refractivity (Wildman–Crippen MR) is 164 cm³/mol. The van der Waals surface area contributed by atoms with Crippen molar-refractivity contribution in [3.05, 3.63) is 90.0 Å². The molecule has 0 aliphatic carbocycles. The van der Waals surface area contributed by atoms with E-state index in [1.165, 1.54) is 41.3 Å². The second-order valence-electron chi connectivity index (χ2n) is 11.2. The van der Waals surface area contributed by atoms with Crippen LogP contribution in [0.3, 0.4) is 0 Å². The molecule has 0 saturated carbocycles. The summed E-state index contributed by atoms with van der Waals surface area (Å²) in [5.41, 5.74) is 4.18. The minimum Gasteiger partial charge on any atom is -0.406 e. The van der Waals surface area contributed by atoms with Gasteiger partial charge in [0.05, 0.1) is 5.69 Å². The topological polar surface area (TPSA) is 84.6 Å². The van der Waals surface area contributed by atoms with Gasteiger partial charge < -0.3 is 15.0 Å². The average molecular weight is 623 g/mol. The molecule has 12 heteroatoms. The van der Waals surface area contributed by atoms with Crippen LogP contribution in [-0.2, 0) is 6.42 Å². The molecule has 8 nitrogen and oxygen atoms in total. The van der Waals surface area contributed by atoms with E-state index in [0.29, 0.717) is 36.7 Å². The van der Waals surface area contributed by atoms with E-state index >= 15 is 0 Å². The van der Waals surface area contributed by atoms with Crippen molar-refractivity contribution in [2.45, 2.75) is 64.8 Å². The van der Waals surface area contributed by atoms with Gasteiger partial charge in [-0.05, 0) is 85.7 Å². The molecule has 2 amide bonds. The first kappa shape index (κ1) is 31.7. The second-order valence-corrected chi connectivity index (χ2v) is 11.2. The Morgan fingerprint density at radius 1 is 1.09 bits per heavy atom. The monoisotopic (exact) mass is 622 g/mol. The zero-order valence-corrected chi connectivity index (χ0v) is 25.2. The fraction of sp³-hybridized carbons (Fsp3) is 0.333. The van der Waals surface area contributed by atoms with Crippen LogP contribution in [0.15, 0.2) is 78.0 Å². The quantitative estimate of drug-likeness (QED) is 0.152. The summed E-state index contributed by atoms with van der Waals surface area (Å²) in [6.07, 6.45) is -0.275. The number of halogens is 4. The van der Waals surface area contributed by atoms with Crippen molar-refractivity contribution in [1.29, 1.82) is 0 Å². The molecule has 1 unspecified atom stereocenters. The van der Waals surface area contributed by atoms with E-state index < -0.39 is 12.4 Å². The minimum atomic E-state index is -4.75. The zero-order chi connectivity index (χ0) is 32.1. The Morgan fingerprint density at radius 3 is 2.51 bits per heavy atom. The van der Waals surface area contributed by atoms with E-state index in [1.807, 2.05) is 38.1 Å². The highest BCUT2D eigenvalue weighted by atomic mass is 19.4. The third-order valence-corrected chi connectivity index (χ3v) is 7.56. The van der Waals surface area contributed by atoms with Gasteiger partial charge in [-0.3, -0.25) is 0 Å². The Hall–Kier alpha value is -4.74. The van der Waals surface area contributed by atoms with E-state index in [-0.39, 0.29) is 23.5 Å². The van der Waals surface area contributed by atoms with Gasteiger partial charge in [0.1, 0.15) is 23.7 Å². The number of alkyl halides is 3. The lowest BCUT2D eigenvalue weighted by atomic mass is 10.00. The average Bonchev–Trinajstić information content (AvgIpc) is 3.62. The first-order valence-corrected chi connectivity index (χ1v) is 14.8. The summed E-state index contributed by atoms with van der Waals surface area (Å²) in [4.78, 5) is 23.4. The Labute approximate surface area is 258 Å². The number of amides is 2. The molecule has 1 atom stereocenters. The third kappa shape index (κ3) is 8.05. The number of ether oxygens (including phenoxy) is 1. The maximum Gasteiger partial charge on any atom is 0.573 e. The summed E-state index contributed by atoms with van der Waals surface area (Å²) < 4.78 is 56.5. The van der Waals surface area contributed by atoms with Gasteiger partial charge >= 0.3 is 12.4 Å². The third-order valence-electron chi connectivity index (χ3n) is 7.56. The number of hydrogen-bond acceptors (Lipinski definition) is 4. The molecule has 1 aliphatic heterocycles. The van der Waals surface area contributed by atoms with Crippen molar-refractivity contribution in [1.82, 2.24) is 20.1 Å². The van der Waals surface area contributed by atoms with Crippen LogP contribution < -0.4 is 15.0 Å². The van der Waals surface area contributed by atoms with Gasteiger partial charge in [-0.1, -0.05) is 38.1 Å². The van der Waals surface area contributed by atoms with Gasteiger partial charge in [-0.2, -0.15) is 4.99 Å². The van der Waals surface area contributed by atoms with E-state index in [2.05, 4.69) is 37.0 Å². The normalized spacial score (nSPS) is 16.0. The molecule has 236 valence electrons. The van der Waals surface area contributed by atoms with E-state index in [1.54, 1.807) is 12.1 Å². The van der Waals surface area contributed by atoms with Crippen LogP contribution in [0.4, 0.5) is 28.0 Å². The molecule has 1 aromatic heterocycles. The number of aromatic nitrogens is 3. The first-order valence-electron chi connectivity index (χ1n) is 14.8. The SMILES string of the molecule is CC(C)c1cc(F)ccc1N1/C(=N/C(=O)NCCCc2ccc(-c3ncn(-c4ccc(OC(F)(F)F)cc4)n3)cc2)CCC1C. The number of nitrogens with zero attached hydrogens (tertiary/aromatic N) is 5. The fourth-order valence-corrected chi connectivity index (χ4v) is 5.32. The Kier molecular flexibility index (Phi) is 9.50. The summed E-state index contributed by atoms with van der Waals surface area (Å²) >= 11 is 0. The van der Waals surface area contributed by atoms with Gasteiger partial charge in [-0.25, -0.2) is 18.9 Å². The predicted octanol–water partition coefficient (Wildman–Crippen LogP) is 7.83. The number of anilines is 1. The number of hydrogen-bond donors (Lipinski definition) is 1. The molecule has 0 bridgehead atoms. The number of benzene rings is 3. The van der Waals surface area contributed by atoms with Crippen molar-refractivity contribution in [3.63, 3.8) is 0 Å². The lowest BCUT2D eigenvalue weighted by molar-refractivity contribution is -0.274. The van der Waals surface area contributed by atoms with E-state index in [9.17, 15) is 22.4 Å². The van der Waals surface area contributed by atoms with Crippen LogP contribution in [0.1, 0.15) is 57.1 Å². The zero-order valence-electron chi connectivity index (χ0n) is 25.2. The maximum absolute atomic E-state index is 14.0. The molecule has 3 aromatic carbocycles. The maximum atomic E-state index is 14.0. The van der Waals surface area contributed by atoms with Crippen molar-refractivity contribution in [2.75, 3.05) is 11.4 Å². The first-order chi connectivity index (χ1) is 21.5. The number of amidine groups is 1. The molecule has 45 heavy (non-hydrogen) atoms. The van der Waals surface area contributed by atoms with Crippen molar-refractivity contribution in [3.8, 4) is 22.8 Å². The van der Waals surface area contributed by atoms with Gasteiger partial charge in [0.15, 0.2) is 5.82 Å². The van der Waals surface area contributed by atoms with E-state index in [4.69, 9.17) is 0 Å². The van der Waals surface area contributed by atoms with Crippen LogP contribution in [0.2, 0.25) is 0 Å². The van der Waals surface area contributed by atoms with Crippen LogP contribution >= 0.6 is 0 Å². The van der Waals surface area contributed by atoms with Crippen molar-refractivity contribution in [2.24, 2.45) is 4.99 Å². The largest absolute Gasteiger partial charge is 0.573 e. The molecule has 1 aliphatic rings. The molecule has 1 N–H and O–H groups in total. The Morgan fingerprint density at radius 2 is 1.82 bits per heavy atom. The highest BCUT2D eigenvalue weighted by Gasteiger charge is 2.31. The van der Waals surface area contributed by atoms with Crippen LogP contribution in [0.5, 0.6) is 5.75 Å². The molecule has 2 heterocycles. The van der Waals surface area contributed by atoms with Gasteiger partial charge in [0.25, 0.3) is 0 Å². The summed E-state index contributed by atoms with van der Waals surface area (Å²) in [6.45, 7) is 6.58. The summed E-state index contributed by atoms with van der Waals surface area (Å²) in [5, 5.41) is 7.31. The molecule has 1 fully saturated rings. The number of nitrogens with one attached hydrogen (secondary N) is 1. The number of urea groups is 1. The number of carbonyl (C=O) groups is 1. The molecule has 5 rings (SSSR count). The number of aliphatic imine (C=N–C) groups is 1. The van der Waals surface area contributed by atoms with Crippen LogP contribution in [0.25, 0.3) is 17.1 Å². The molecule has 0 radical (unpaired) electrons. The smallest absolute Gasteiger partial charge is 0.406 e. The lowest BCUT2D eigenvalue weighted by Gasteiger charge is -2.28. The summed E-state index contributed by atoms with van der Waals surface area (Å²) in [7, 11) is 0. The molecular weight excluding hydrogens is 588 g/mol. The Balaban J connectivity index is 1.13. The van der Waals surface area contributed by atoms with Gasteiger partial charge in [0.2, 0.25) is 0 Å². The minimum absolute atomic E-state index is 0.123. The summed E-state index contributed by atoms with van der Waals surface area (Å²) in [5.74, 6) is 0.690. The highest BCUT2D eigenvalue weighted by molar-refractivity contribution is 6.06. The van der Waals surface area contributed by atoms with Crippen molar-refractivity contribution >= 4 is 17.6 Å². The highest BCUT2D eigenvalue weighted by Crippen LogP contribution is 2.34. The lowest BCUT2D eigenvalue weighted by Crippen LogP contribution is -2.34. The summed E-state index contributed by atoms with van der Waals surface area (Å²) in [6, 6.07) is 17.6. The molecule has 0 spiro atoms. The second kappa shape index (κ2) is 13.5. The molecule has 4 aromatic rings. The van der Waals surface area contributed by atoms with Crippen molar-refractivity contribution < 1.29 is 27.1 Å². The van der Waals surface area contributed by atoms with Crippen LogP contribution in [0, 0.1) is 5.82 Å². The van der Waals surface area contributed by atoms with Gasteiger partial charge in [-0.15, -0.1) is 18.3 Å². The van der Waals surface area contributed by atoms with E-state index in [0.717, 1.165) is 35.2 Å². The number of carbonyl (C=O) groups excluding carboxylic acids is 1. The molecular formula is C33H34F4N6O2. The standard InChI is InChI=1S/C33H34F4N6O2/c1-21(2)28-19-25(34)11-16-29(28)43-22(3)6-17-30(43)40-32(44)38-18-4-5-23-7-9-24(10-8-23)31-39-20-42(41-31)26-12-14-27(15-13-26)45-33(35,36)37/h7-16,19-22H,4-6,17-18H2,1-3H3,(H,38,44)/b40-30+. The number of aryl methyl sites for hydroxylation is 1. The molecule has 1 saturated heterocycles. The van der Waals surface area contributed by atoms with Gasteiger partial charge in [0, 0.05) is 30.3 Å². The number of rotatable bonds is 9. The Bertz CT molecular complexity index is 1650.